The molecule has 1 saturated heterocycles. The summed E-state index contributed by atoms with van der Waals surface area (Å²) >= 11 is 1.55. The Labute approximate surface area is 197 Å². The molecular formula is C25H19FN4O3S. The van der Waals surface area contributed by atoms with E-state index in [2.05, 4.69) is 10.4 Å². The van der Waals surface area contributed by atoms with Gasteiger partial charge >= 0.3 is 6.03 Å². The van der Waals surface area contributed by atoms with Crippen molar-refractivity contribution < 1.29 is 14.0 Å². The molecular weight excluding hydrogens is 455 g/mol. The molecule has 4 aromatic rings. The number of halogens is 1. The molecule has 0 radical (unpaired) electrons. The summed E-state index contributed by atoms with van der Waals surface area (Å²) in [5, 5.41) is 7.61. The van der Waals surface area contributed by atoms with E-state index in [1.807, 2.05) is 35.7 Å². The number of imide groups is 1. The number of urea groups is 1. The Morgan fingerprint density at radius 1 is 0.941 bits per heavy atom. The number of amides is 3. The Morgan fingerprint density at radius 3 is 2.44 bits per heavy atom. The first-order valence-corrected chi connectivity index (χ1v) is 11.4. The van der Waals surface area contributed by atoms with Crippen LogP contribution in [0, 0.1) is 5.82 Å². The van der Waals surface area contributed by atoms with Gasteiger partial charge in [0, 0.05) is 16.9 Å². The highest BCUT2D eigenvalue weighted by atomic mass is 32.1. The highest BCUT2D eigenvalue weighted by Gasteiger charge is 2.34. The van der Waals surface area contributed by atoms with E-state index in [9.17, 15) is 18.8 Å². The predicted molar refractivity (Wildman–Crippen MR) is 127 cm³/mol. The molecule has 0 atom stereocenters. The normalized spacial score (nSPS) is 14.7. The van der Waals surface area contributed by atoms with E-state index in [1.165, 1.54) is 29.0 Å². The van der Waals surface area contributed by atoms with Crippen LogP contribution >= 0.6 is 11.3 Å². The van der Waals surface area contributed by atoms with Crippen LogP contribution in [0.5, 0.6) is 0 Å². The summed E-state index contributed by atoms with van der Waals surface area (Å²) in [5.74, 6) is -1.13. The first kappa shape index (κ1) is 21.6. The molecule has 2 N–H and O–H groups in total. The number of para-hydroxylation sites is 1. The van der Waals surface area contributed by atoms with Crippen molar-refractivity contribution in [3.63, 3.8) is 0 Å². The highest BCUT2D eigenvalue weighted by molar-refractivity contribution is 7.09. The van der Waals surface area contributed by atoms with Gasteiger partial charge in [-0.2, -0.15) is 0 Å². The maximum atomic E-state index is 14.1. The summed E-state index contributed by atoms with van der Waals surface area (Å²) in [6, 6.07) is 18.2. The predicted octanol–water partition coefficient (Wildman–Crippen LogP) is 4.05. The van der Waals surface area contributed by atoms with Crippen LogP contribution in [0.25, 0.3) is 11.8 Å². The van der Waals surface area contributed by atoms with E-state index < -0.39 is 17.8 Å². The zero-order valence-electron chi connectivity index (χ0n) is 17.8. The zero-order valence-corrected chi connectivity index (χ0v) is 18.6. The molecule has 0 spiro atoms. The lowest BCUT2D eigenvalue weighted by Crippen LogP contribution is -2.30. The first-order valence-electron chi connectivity index (χ1n) is 10.5. The molecule has 1 aliphatic rings. The molecule has 0 saturated carbocycles. The maximum absolute atomic E-state index is 14.1. The second-order valence-electron chi connectivity index (χ2n) is 7.71. The van der Waals surface area contributed by atoms with Gasteiger partial charge in [-0.1, -0.05) is 42.5 Å². The maximum Gasteiger partial charge on any atom is 0.329 e. The number of thiophene rings is 1. The van der Waals surface area contributed by atoms with Gasteiger partial charge in [0.15, 0.2) is 0 Å². The largest absolute Gasteiger partial charge is 0.329 e. The topological polar surface area (TPSA) is 87.2 Å². The number of carbonyl (C=O) groups excluding carboxylic acids is 2. The number of benzene rings is 2. The zero-order chi connectivity index (χ0) is 23.7. The van der Waals surface area contributed by atoms with Crippen molar-refractivity contribution >= 4 is 29.4 Å². The van der Waals surface area contributed by atoms with Gasteiger partial charge in [-0.25, -0.2) is 13.9 Å². The molecule has 0 aliphatic carbocycles. The smallest absolute Gasteiger partial charge is 0.303 e. The fraction of sp³-hybridized carbons (Fsp3) is 0.0800. The number of aromatic amines is 1. The molecule has 2 aromatic carbocycles. The Hall–Kier alpha value is -4.24. The minimum atomic E-state index is -0.668. The third-order valence-electron chi connectivity index (χ3n) is 5.49. The number of H-pyrrole nitrogens is 1. The lowest BCUT2D eigenvalue weighted by molar-refractivity contribution is -0.123. The number of hydrogen-bond donors (Lipinski definition) is 2. The van der Waals surface area contributed by atoms with E-state index in [0.717, 1.165) is 9.78 Å². The summed E-state index contributed by atoms with van der Waals surface area (Å²) < 4.78 is 15.5. The van der Waals surface area contributed by atoms with Crippen molar-refractivity contribution in [2.45, 2.75) is 13.0 Å². The van der Waals surface area contributed by atoms with E-state index in [-0.39, 0.29) is 28.9 Å². The van der Waals surface area contributed by atoms with Crippen LogP contribution in [0.1, 0.15) is 21.7 Å². The SMILES string of the molecule is O=C1NC(=Cc2c(Cc3cccs3)[nH]n(-c3ccccc3)c2=O)C(=O)N1Cc1ccccc1F. The highest BCUT2D eigenvalue weighted by Crippen LogP contribution is 2.21. The average molecular weight is 475 g/mol. The van der Waals surface area contributed by atoms with Crippen molar-refractivity contribution in [1.82, 2.24) is 20.0 Å². The molecule has 3 amide bonds. The van der Waals surface area contributed by atoms with E-state index in [0.29, 0.717) is 17.8 Å². The lowest BCUT2D eigenvalue weighted by Gasteiger charge is -2.12. The minimum Gasteiger partial charge on any atom is -0.303 e. The fourth-order valence-corrected chi connectivity index (χ4v) is 4.50. The second-order valence-corrected chi connectivity index (χ2v) is 8.74. The van der Waals surface area contributed by atoms with Gasteiger partial charge in [0.2, 0.25) is 0 Å². The monoisotopic (exact) mass is 474 g/mol. The molecule has 1 fully saturated rings. The molecule has 7 nitrogen and oxygen atoms in total. The quantitative estimate of drug-likeness (QED) is 0.327. The van der Waals surface area contributed by atoms with Crippen molar-refractivity contribution in [3.8, 4) is 5.69 Å². The molecule has 0 unspecified atom stereocenters. The Morgan fingerprint density at radius 2 is 1.71 bits per heavy atom. The minimum absolute atomic E-state index is 0.0370. The van der Waals surface area contributed by atoms with Crippen molar-refractivity contribution in [3.05, 3.63) is 116 Å². The van der Waals surface area contributed by atoms with Gasteiger partial charge in [0.25, 0.3) is 11.5 Å². The number of hydrogen-bond acceptors (Lipinski definition) is 4. The van der Waals surface area contributed by atoms with Crippen LogP contribution in [0.3, 0.4) is 0 Å². The molecule has 170 valence electrons. The number of carbonyl (C=O) groups is 2. The summed E-state index contributed by atoms with van der Waals surface area (Å²) in [6.45, 7) is -0.210. The average Bonchev–Trinajstić information content (AvgIpc) is 3.53. The van der Waals surface area contributed by atoms with Crippen LogP contribution in [-0.2, 0) is 17.8 Å². The standard InChI is InChI=1S/C25H19FN4O3S/c26-20-11-5-4-7-16(20)15-29-24(32)22(27-25(29)33)14-19-21(13-18-10-6-12-34-18)28-30(23(19)31)17-8-2-1-3-9-17/h1-12,14,28H,13,15H2,(H,27,33). The number of aromatic nitrogens is 2. The molecule has 5 rings (SSSR count). The second kappa shape index (κ2) is 8.95. The molecule has 0 bridgehead atoms. The van der Waals surface area contributed by atoms with Crippen LogP contribution in [0.4, 0.5) is 9.18 Å². The van der Waals surface area contributed by atoms with Crippen LogP contribution in [-0.4, -0.2) is 26.6 Å². The summed E-state index contributed by atoms with van der Waals surface area (Å²) in [6.07, 6.45) is 1.84. The number of nitrogens with zero attached hydrogens (tertiary/aromatic N) is 2. The van der Waals surface area contributed by atoms with Gasteiger partial charge in [0.1, 0.15) is 11.5 Å². The van der Waals surface area contributed by atoms with Gasteiger partial charge in [-0.05, 0) is 35.7 Å². The van der Waals surface area contributed by atoms with Crippen molar-refractivity contribution in [2.75, 3.05) is 0 Å². The third kappa shape index (κ3) is 4.08. The lowest BCUT2D eigenvalue weighted by atomic mass is 10.1. The number of rotatable bonds is 6. The van der Waals surface area contributed by atoms with Crippen LogP contribution in [0.2, 0.25) is 0 Å². The fourth-order valence-electron chi connectivity index (χ4n) is 3.78. The third-order valence-corrected chi connectivity index (χ3v) is 6.36. The summed E-state index contributed by atoms with van der Waals surface area (Å²) in [5.41, 5.74) is 1.36. The van der Waals surface area contributed by atoms with Crippen LogP contribution in [0.15, 0.2) is 82.6 Å². The summed E-state index contributed by atoms with van der Waals surface area (Å²) in [7, 11) is 0. The van der Waals surface area contributed by atoms with Gasteiger partial charge in [-0.15, -0.1) is 11.3 Å². The Bertz CT molecular complexity index is 1460. The van der Waals surface area contributed by atoms with Gasteiger partial charge in [0.05, 0.1) is 23.5 Å². The van der Waals surface area contributed by atoms with E-state index in [1.54, 1.807) is 29.5 Å². The summed E-state index contributed by atoms with van der Waals surface area (Å²) in [4.78, 5) is 40.8. The van der Waals surface area contributed by atoms with Crippen molar-refractivity contribution in [1.29, 1.82) is 0 Å². The molecule has 1 aliphatic heterocycles. The molecule has 2 aromatic heterocycles. The van der Waals surface area contributed by atoms with Gasteiger partial charge < -0.3 is 5.32 Å². The first-order chi connectivity index (χ1) is 16.5. The molecule has 3 heterocycles. The van der Waals surface area contributed by atoms with Crippen LogP contribution < -0.4 is 10.9 Å². The Kier molecular flexibility index (Phi) is 5.69. The molecule has 9 heteroatoms. The Balaban J connectivity index is 1.52. The number of nitrogens with one attached hydrogen (secondary N) is 2. The van der Waals surface area contributed by atoms with Gasteiger partial charge in [-0.3, -0.25) is 19.6 Å². The van der Waals surface area contributed by atoms with E-state index >= 15 is 0 Å². The van der Waals surface area contributed by atoms with E-state index in [4.69, 9.17) is 0 Å². The molecule has 34 heavy (non-hydrogen) atoms. The van der Waals surface area contributed by atoms with Crippen molar-refractivity contribution in [2.24, 2.45) is 0 Å².